The summed E-state index contributed by atoms with van der Waals surface area (Å²) >= 11 is 0. The third kappa shape index (κ3) is 5.86. The highest BCUT2D eigenvalue weighted by Crippen LogP contribution is 2.35. The number of carbonyl (C=O) groups is 1. The van der Waals surface area contributed by atoms with Crippen LogP contribution in [0.25, 0.3) is 5.57 Å². The van der Waals surface area contributed by atoms with Gasteiger partial charge < -0.3 is 15.0 Å². The molecule has 33 heavy (non-hydrogen) atoms. The van der Waals surface area contributed by atoms with E-state index in [0.717, 1.165) is 12.1 Å². The molecule has 2 saturated heterocycles. The van der Waals surface area contributed by atoms with Gasteiger partial charge in [-0.2, -0.15) is 13.2 Å². The Kier molecular flexibility index (Phi) is 7.67. The number of alkyl halides is 5. The van der Waals surface area contributed by atoms with Crippen molar-refractivity contribution in [2.45, 2.75) is 39.0 Å². The number of nitrogens with one attached hydrogen (secondary N) is 2. The van der Waals surface area contributed by atoms with Crippen molar-refractivity contribution in [3.05, 3.63) is 41.2 Å². The molecule has 0 radical (unpaired) electrons. The zero-order chi connectivity index (χ0) is 24.2. The number of pyridine rings is 1. The third-order valence-corrected chi connectivity index (χ3v) is 5.14. The van der Waals surface area contributed by atoms with Crippen LogP contribution in [0.1, 0.15) is 31.5 Å². The zero-order valence-corrected chi connectivity index (χ0v) is 18.0. The Balaban J connectivity index is 2.19. The van der Waals surface area contributed by atoms with Crippen molar-refractivity contribution in [2.75, 3.05) is 31.1 Å². The molecule has 7 nitrogen and oxygen atoms in total. The van der Waals surface area contributed by atoms with E-state index in [1.807, 2.05) is 6.92 Å². The van der Waals surface area contributed by atoms with Gasteiger partial charge in [-0.25, -0.2) is 23.6 Å². The van der Waals surface area contributed by atoms with Crippen molar-refractivity contribution in [3.8, 4) is 0 Å². The number of amides is 1. The molecule has 0 aromatic carbocycles. The van der Waals surface area contributed by atoms with Crippen LogP contribution in [0.3, 0.4) is 0 Å². The smallest absolute Gasteiger partial charge is 0.416 e. The Morgan fingerprint density at radius 2 is 2.03 bits per heavy atom. The van der Waals surface area contributed by atoms with Crippen LogP contribution in [0.2, 0.25) is 0 Å². The van der Waals surface area contributed by atoms with E-state index in [2.05, 4.69) is 20.6 Å². The van der Waals surface area contributed by atoms with Gasteiger partial charge >= 0.3 is 12.3 Å². The predicted molar refractivity (Wildman–Crippen MR) is 113 cm³/mol. The number of carbonyl (C=O) groups excluding carboxylic acids is 1. The van der Waals surface area contributed by atoms with Gasteiger partial charge in [0.05, 0.1) is 11.3 Å². The number of hydrogen-bond donors (Lipinski definition) is 2. The van der Waals surface area contributed by atoms with Crippen molar-refractivity contribution < 1.29 is 31.5 Å². The average Bonchev–Trinajstić information content (AvgIpc) is 2.78. The third-order valence-electron chi connectivity index (χ3n) is 5.14. The number of aromatic nitrogens is 1. The molecule has 180 valence electrons. The Morgan fingerprint density at radius 1 is 1.33 bits per heavy atom. The first-order valence-corrected chi connectivity index (χ1v) is 10.4. The number of hydrogen-bond acceptors (Lipinski definition) is 6. The standard InChI is InChI=1S/C21H24F5N5O2/c1-3-4-5-28-19-16(17(18(22)23)33-20(32)30-19)12(2)14-10-13(21(24,25)26)11-15(29-14)31-8-6-27-7-9-31/h4-5,10-11,17-18,27H,3,6-9H2,1-2H3,(H,28,30,32)/b5-4+,16-12+. The molecule has 1 amide bonds. The van der Waals surface area contributed by atoms with Crippen molar-refractivity contribution in [1.29, 1.82) is 0 Å². The van der Waals surface area contributed by atoms with E-state index < -0.39 is 30.4 Å². The maximum atomic E-state index is 13.8. The zero-order valence-electron chi connectivity index (χ0n) is 18.0. The molecule has 2 aliphatic heterocycles. The van der Waals surface area contributed by atoms with Crippen LogP contribution in [0.4, 0.5) is 32.6 Å². The second-order valence-corrected chi connectivity index (χ2v) is 7.43. The number of nitrogens with zero attached hydrogens (tertiary/aromatic N) is 3. The molecule has 2 aliphatic rings. The lowest BCUT2D eigenvalue weighted by Gasteiger charge is -2.30. The molecule has 0 spiro atoms. The van der Waals surface area contributed by atoms with Crippen molar-refractivity contribution in [2.24, 2.45) is 4.99 Å². The normalized spacial score (nSPS) is 22.7. The number of allylic oxidation sites excluding steroid dienone is 2. The summed E-state index contributed by atoms with van der Waals surface area (Å²) in [6.07, 6.45) is -7.39. The molecule has 2 N–H and O–H groups in total. The summed E-state index contributed by atoms with van der Waals surface area (Å²) in [6, 6.07) is 1.74. The van der Waals surface area contributed by atoms with E-state index in [4.69, 9.17) is 4.74 Å². The monoisotopic (exact) mass is 473 g/mol. The Hall–Kier alpha value is -3.02. The minimum absolute atomic E-state index is 0.00793. The van der Waals surface area contributed by atoms with Crippen LogP contribution in [0.15, 0.2) is 35.0 Å². The number of alkyl carbamates (subject to hydrolysis) is 1. The van der Waals surface area contributed by atoms with Gasteiger partial charge in [-0.3, -0.25) is 5.32 Å². The maximum Gasteiger partial charge on any atom is 0.416 e. The lowest BCUT2D eigenvalue weighted by Crippen LogP contribution is -2.47. The molecule has 1 aromatic rings. The SMILES string of the molecule is CC/C=C/N=C1\NC(=O)OC(C(F)F)\C1=C(\C)c1cc(C(F)(F)F)cc(N2CCNCC2)n1. The number of anilines is 1. The van der Waals surface area contributed by atoms with Gasteiger partial charge in [-0.15, -0.1) is 0 Å². The van der Waals surface area contributed by atoms with Crippen LogP contribution in [0.5, 0.6) is 0 Å². The van der Waals surface area contributed by atoms with Gasteiger partial charge in [-0.05, 0) is 31.1 Å². The lowest BCUT2D eigenvalue weighted by molar-refractivity contribution is -0.137. The van der Waals surface area contributed by atoms with Crippen molar-refractivity contribution >= 4 is 23.3 Å². The van der Waals surface area contributed by atoms with E-state index >= 15 is 0 Å². The first-order chi connectivity index (χ1) is 15.6. The molecule has 12 heteroatoms. The van der Waals surface area contributed by atoms with E-state index in [-0.39, 0.29) is 28.5 Å². The van der Waals surface area contributed by atoms with E-state index in [1.165, 1.54) is 13.1 Å². The topological polar surface area (TPSA) is 78.8 Å². The summed E-state index contributed by atoms with van der Waals surface area (Å²) in [6.45, 7) is 5.21. The quantitative estimate of drug-likeness (QED) is 0.633. The number of halogens is 5. The molecule has 1 aromatic heterocycles. The van der Waals surface area contributed by atoms with Gasteiger partial charge in [0.25, 0.3) is 6.43 Å². The van der Waals surface area contributed by atoms with Crippen LogP contribution >= 0.6 is 0 Å². The summed E-state index contributed by atoms with van der Waals surface area (Å²) < 4.78 is 73.3. The van der Waals surface area contributed by atoms with Gasteiger partial charge in [-0.1, -0.05) is 13.0 Å². The average molecular weight is 473 g/mol. The summed E-state index contributed by atoms with van der Waals surface area (Å²) in [7, 11) is 0. The number of ether oxygens (including phenoxy) is 1. The molecule has 0 saturated carbocycles. The first-order valence-electron chi connectivity index (χ1n) is 10.4. The largest absolute Gasteiger partial charge is 0.435 e. The second kappa shape index (κ2) is 10.3. The summed E-state index contributed by atoms with van der Waals surface area (Å²) in [4.78, 5) is 21.9. The van der Waals surface area contributed by atoms with Crippen LogP contribution < -0.4 is 15.5 Å². The number of aliphatic imine (C=N–C) groups is 1. The Morgan fingerprint density at radius 3 is 2.64 bits per heavy atom. The predicted octanol–water partition coefficient (Wildman–Crippen LogP) is 3.98. The number of rotatable bonds is 5. The van der Waals surface area contributed by atoms with Gasteiger partial charge in [0.2, 0.25) is 0 Å². The number of piperazine rings is 1. The Bertz CT molecular complexity index is 968. The highest BCUT2D eigenvalue weighted by molar-refractivity contribution is 6.13. The molecule has 1 atom stereocenters. The Labute approximate surface area is 187 Å². The lowest BCUT2D eigenvalue weighted by atomic mass is 9.97. The van der Waals surface area contributed by atoms with Gasteiger partial charge in [0, 0.05) is 38.0 Å². The van der Waals surface area contributed by atoms with Crippen LogP contribution in [-0.2, 0) is 10.9 Å². The molecule has 3 rings (SSSR count). The van der Waals surface area contributed by atoms with Crippen molar-refractivity contribution in [3.63, 3.8) is 0 Å². The minimum atomic E-state index is -4.67. The van der Waals surface area contributed by atoms with Gasteiger partial charge in [0.15, 0.2) is 6.10 Å². The summed E-state index contributed by atoms with van der Waals surface area (Å²) in [5.41, 5.74) is -1.36. The van der Waals surface area contributed by atoms with E-state index in [9.17, 15) is 26.7 Å². The summed E-state index contributed by atoms with van der Waals surface area (Å²) in [5, 5.41) is 5.37. The van der Waals surface area contributed by atoms with Crippen LogP contribution in [-0.4, -0.2) is 55.6 Å². The number of cyclic esters (lactones) is 1. The molecule has 1 unspecified atom stereocenters. The minimum Gasteiger partial charge on any atom is -0.435 e. The fraction of sp³-hybridized carbons (Fsp3) is 0.476. The molecule has 3 heterocycles. The molecule has 0 aliphatic carbocycles. The maximum absolute atomic E-state index is 13.8. The first kappa shape index (κ1) is 24.6. The fourth-order valence-electron chi connectivity index (χ4n) is 3.47. The molecule has 0 bridgehead atoms. The summed E-state index contributed by atoms with van der Waals surface area (Å²) in [5.74, 6) is -0.137. The molecular weight excluding hydrogens is 449 g/mol. The fourth-order valence-corrected chi connectivity index (χ4v) is 3.47. The van der Waals surface area contributed by atoms with E-state index in [0.29, 0.717) is 32.6 Å². The second-order valence-electron chi connectivity index (χ2n) is 7.43. The van der Waals surface area contributed by atoms with Gasteiger partial charge in [0.1, 0.15) is 11.7 Å². The highest BCUT2D eigenvalue weighted by Gasteiger charge is 2.39. The van der Waals surface area contributed by atoms with Crippen molar-refractivity contribution in [1.82, 2.24) is 15.6 Å². The molecular formula is C21H24F5N5O2. The number of amidine groups is 1. The van der Waals surface area contributed by atoms with Crippen LogP contribution in [0, 0.1) is 0 Å². The highest BCUT2D eigenvalue weighted by atomic mass is 19.4. The molecule has 2 fully saturated rings. The van der Waals surface area contributed by atoms with E-state index in [1.54, 1.807) is 11.0 Å².